The van der Waals surface area contributed by atoms with Gasteiger partial charge < -0.3 is 5.32 Å². The molecule has 1 aliphatic carbocycles. The summed E-state index contributed by atoms with van der Waals surface area (Å²) in [5.41, 5.74) is 1.90. The molecule has 0 aliphatic heterocycles. The molecule has 1 unspecified atom stereocenters. The minimum Gasteiger partial charge on any atom is -0.313 e. The summed E-state index contributed by atoms with van der Waals surface area (Å²) in [6.07, 6.45) is 11.1. The van der Waals surface area contributed by atoms with Crippen LogP contribution in [0.4, 0.5) is 0 Å². The van der Waals surface area contributed by atoms with E-state index in [1.54, 1.807) is 5.56 Å². The molecule has 2 rings (SSSR count). The first kappa shape index (κ1) is 15.3. The van der Waals surface area contributed by atoms with Gasteiger partial charge in [0, 0.05) is 11.5 Å². The normalized spacial score (nSPS) is 18.9. The molecule has 0 spiro atoms. The standard InChI is InChI=1S/C19H29N/c1-3-5-7-14-18(20-4-2)19(15-10-11-16-19)17-12-8-6-9-13-17/h3,6,8-9,12-13,18,20H,1,4-5,7,10-11,14-16H2,2H3. The van der Waals surface area contributed by atoms with E-state index in [4.69, 9.17) is 0 Å². The van der Waals surface area contributed by atoms with Crippen molar-refractivity contribution < 1.29 is 0 Å². The van der Waals surface area contributed by atoms with Crippen molar-refractivity contribution in [3.63, 3.8) is 0 Å². The molecule has 1 heteroatoms. The Labute approximate surface area is 124 Å². The fourth-order valence-corrected chi connectivity index (χ4v) is 3.90. The second-order valence-corrected chi connectivity index (χ2v) is 6.06. The van der Waals surface area contributed by atoms with E-state index in [0.717, 1.165) is 13.0 Å². The Bertz CT molecular complexity index is 389. The van der Waals surface area contributed by atoms with E-state index >= 15 is 0 Å². The number of nitrogens with one attached hydrogen (secondary N) is 1. The minimum atomic E-state index is 0.360. The Morgan fingerprint density at radius 1 is 1.25 bits per heavy atom. The number of hydrogen-bond acceptors (Lipinski definition) is 1. The number of unbranched alkanes of at least 4 members (excludes halogenated alkanes) is 1. The highest BCUT2D eigenvalue weighted by Gasteiger charge is 2.41. The van der Waals surface area contributed by atoms with E-state index in [0.29, 0.717) is 11.5 Å². The van der Waals surface area contributed by atoms with Crippen LogP contribution < -0.4 is 5.32 Å². The molecular formula is C19H29N. The summed E-state index contributed by atoms with van der Waals surface area (Å²) in [5.74, 6) is 0. The third-order valence-corrected chi connectivity index (χ3v) is 4.86. The van der Waals surface area contributed by atoms with Gasteiger partial charge in [-0.15, -0.1) is 6.58 Å². The van der Waals surface area contributed by atoms with Gasteiger partial charge in [0.1, 0.15) is 0 Å². The van der Waals surface area contributed by atoms with Crippen LogP contribution in [0.5, 0.6) is 0 Å². The predicted molar refractivity (Wildman–Crippen MR) is 88.1 cm³/mol. The Kier molecular flexibility index (Phi) is 5.85. The molecule has 1 atom stereocenters. The van der Waals surface area contributed by atoms with Crippen molar-refractivity contribution in [1.29, 1.82) is 0 Å². The van der Waals surface area contributed by atoms with Crippen molar-refractivity contribution in [2.75, 3.05) is 6.54 Å². The molecule has 1 fully saturated rings. The molecule has 0 saturated heterocycles. The fourth-order valence-electron chi connectivity index (χ4n) is 3.90. The highest BCUT2D eigenvalue weighted by atomic mass is 14.9. The summed E-state index contributed by atoms with van der Waals surface area (Å²) in [5, 5.41) is 3.79. The third kappa shape index (κ3) is 3.32. The average Bonchev–Trinajstić information content (AvgIpc) is 2.98. The Hall–Kier alpha value is -1.08. The highest BCUT2D eigenvalue weighted by molar-refractivity contribution is 5.29. The van der Waals surface area contributed by atoms with E-state index in [2.05, 4.69) is 49.2 Å². The van der Waals surface area contributed by atoms with Gasteiger partial charge in [0.2, 0.25) is 0 Å². The molecule has 1 aromatic rings. The smallest absolute Gasteiger partial charge is 0.0164 e. The molecule has 1 N–H and O–H groups in total. The summed E-state index contributed by atoms with van der Waals surface area (Å²) in [6, 6.07) is 11.8. The van der Waals surface area contributed by atoms with E-state index in [1.807, 2.05) is 6.08 Å². The predicted octanol–water partition coefficient (Wildman–Crippen LogP) is 4.83. The van der Waals surface area contributed by atoms with E-state index in [9.17, 15) is 0 Å². The van der Waals surface area contributed by atoms with Gasteiger partial charge in [-0.25, -0.2) is 0 Å². The molecule has 0 radical (unpaired) electrons. The number of allylic oxidation sites excluding steroid dienone is 1. The molecular weight excluding hydrogens is 242 g/mol. The molecule has 1 aromatic carbocycles. The summed E-state index contributed by atoms with van der Waals surface area (Å²) < 4.78 is 0. The van der Waals surface area contributed by atoms with E-state index in [-0.39, 0.29) is 0 Å². The lowest BCUT2D eigenvalue weighted by atomic mass is 9.71. The maximum atomic E-state index is 3.86. The van der Waals surface area contributed by atoms with Crippen LogP contribution in [0.2, 0.25) is 0 Å². The van der Waals surface area contributed by atoms with Crippen molar-refractivity contribution in [2.45, 2.75) is 63.3 Å². The molecule has 1 aliphatic rings. The maximum absolute atomic E-state index is 3.86. The van der Waals surface area contributed by atoms with Crippen molar-refractivity contribution in [1.82, 2.24) is 5.32 Å². The first-order chi connectivity index (χ1) is 9.83. The zero-order valence-electron chi connectivity index (χ0n) is 12.9. The molecule has 110 valence electrons. The number of hydrogen-bond donors (Lipinski definition) is 1. The zero-order chi connectivity index (χ0) is 14.3. The Balaban J connectivity index is 2.21. The van der Waals surface area contributed by atoms with E-state index in [1.165, 1.54) is 38.5 Å². The average molecular weight is 271 g/mol. The first-order valence-corrected chi connectivity index (χ1v) is 8.23. The van der Waals surface area contributed by atoms with Crippen LogP contribution in [0.15, 0.2) is 43.0 Å². The molecule has 1 nitrogen and oxygen atoms in total. The molecule has 1 saturated carbocycles. The van der Waals surface area contributed by atoms with Crippen molar-refractivity contribution in [2.24, 2.45) is 0 Å². The van der Waals surface area contributed by atoms with Crippen LogP contribution in [0.3, 0.4) is 0 Å². The Morgan fingerprint density at radius 2 is 1.95 bits per heavy atom. The highest BCUT2D eigenvalue weighted by Crippen LogP contribution is 2.45. The molecule has 20 heavy (non-hydrogen) atoms. The summed E-state index contributed by atoms with van der Waals surface area (Å²) >= 11 is 0. The molecule has 0 aromatic heterocycles. The van der Waals surface area contributed by atoms with Gasteiger partial charge >= 0.3 is 0 Å². The van der Waals surface area contributed by atoms with Gasteiger partial charge in [0.25, 0.3) is 0 Å². The lowest BCUT2D eigenvalue weighted by molar-refractivity contribution is 0.281. The lowest BCUT2D eigenvalue weighted by Gasteiger charge is -2.39. The number of likely N-dealkylation sites (N-methyl/N-ethyl adjacent to an activating group) is 1. The summed E-state index contributed by atoms with van der Waals surface area (Å²) in [4.78, 5) is 0. The summed E-state index contributed by atoms with van der Waals surface area (Å²) in [7, 11) is 0. The second kappa shape index (κ2) is 7.64. The zero-order valence-corrected chi connectivity index (χ0v) is 12.9. The Morgan fingerprint density at radius 3 is 2.55 bits per heavy atom. The van der Waals surface area contributed by atoms with Gasteiger partial charge in [0.15, 0.2) is 0 Å². The third-order valence-electron chi connectivity index (χ3n) is 4.86. The minimum absolute atomic E-state index is 0.360. The topological polar surface area (TPSA) is 12.0 Å². The largest absolute Gasteiger partial charge is 0.313 e. The van der Waals surface area contributed by atoms with Gasteiger partial charge in [-0.2, -0.15) is 0 Å². The van der Waals surface area contributed by atoms with Crippen molar-refractivity contribution >= 4 is 0 Å². The first-order valence-electron chi connectivity index (χ1n) is 8.23. The van der Waals surface area contributed by atoms with Crippen molar-refractivity contribution in [3.8, 4) is 0 Å². The van der Waals surface area contributed by atoms with Gasteiger partial charge in [0.05, 0.1) is 0 Å². The number of benzene rings is 1. The van der Waals surface area contributed by atoms with E-state index < -0.39 is 0 Å². The quantitative estimate of drug-likeness (QED) is 0.527. The number of rotatable bonds is 8. The molecule has 0 bridgehead atoms. The fraction of sp³-hybridized carbons (Fsp3) is 0.579. The lowest BCUT2D eigenvalue weighted by Crippen LogP contribution is -2.47. The SMILES string of the molecule is C=CCCCC(NCC)C1(c2ccccc2)CCCC1. The van der Waals surface area contributed by atoms with Gasteiger partial charge in [-0.3, -0.25) is 0 Å². The monoisotopic (exact) mass is 271 g/mol. The maximum Gasteiger partial charge on any atom is 0.0164 e. The van der Waals surface area contributed by atoms with Gasteiger partial charge in [-0.05, 0) is 44.2 Å². The molecule has 0 heterocycles. The second-order valence-electron chi connectivity index (χ2n) is 6.06. The summed E-state index contributed by atoms with van der Waals surface area (Å²) in [6.45, 7) is 7.15. The van der Waals surface area contributed by atoms with Crippen LogP contribution in [0.25, 0.3) is 0 Å². The molecule has 0 amide bonds. The van der Waals surface area contributed by atoms with Crippen LogP contribution in [-0.4, -0.2) is 12.6 Å². The van der Waals surface area contributed by atoms with Crippen LogP contribution in [0.1, 0.15) is 57.4 Å². The van der Waals surface area contributed by atoms with Crippen LogP contribution in [0, 0.1) is 0 Å². The van der Waals surface area contributed by atoms with Crippen molar-refractivity contribution in [3.05, 3.63) is 48.6 Å². The van der Waals surface area contributed by atoms with Gasteiger partial charge in [-0.1, -0.05) is 56.2 Å². The van der Waals surface area contributed by atoms with Crippen LogP contribution in [-0.2, 0) is 5.41 Å². The van der Waals surface area contributed by atoms with Crippen LogP contribution >= 0.6 is 0 Å².